The maximum absolute atomic E-state index is 5.61. The van der Waals surface area contributed by atoms with Gasteiger partial charge in [-0.15, -0.1) is 0 Å². The van der Waals surface area contributed by atoms with Crippen LogP contribution in [0.15, 0.2) is 36.7 Å². The number of rotatable bonds is 5. The third kappa shape index (κ3) is 2.93. The number of hydrogen-bond donors (Lipinski definition) is 1. The van der Waals surface area contributed by atoms with Gasteiger partial charge in [-0.05, 0) is 54.3 Å². The molecule has 3 heteroatoms. The summed E-state index contributed by atoms with van der Waals surface area (Å²) in [7, 11) is 0. The highest BCUT2D eigenvalue weighted by molar-refractivity contribution is 5.44. The maximum Gasteiger partial charge on any atom is 0.122 e. The van der Waals surface area contributed by atoms with Crippen molar-refractivity contribution in [1.82, 2.24) is 10.3 Å². The third-order valence-electron chi connectivity index (χ3n) is 4.04. The Morgan fingerprint density at radius 2 is 2.24 bits per heavy atom. The van der Waals surface area contributed by atoms with Gasteiger partial charge in [-0.1, -0.05) is 19.1 Å². The van der Waals surface area contributed by atoms with Crippen LogP contribution in [0.25, 0.3) is 0 Å². The van der Waals surface area contributed by atoms with Gasteiger partial charge in [0.05, 0.1) is 12.6 Å². The van der Waals surface area contributed by atoms with Crippen molar-refractivity contribution in [3.8, 4) is 5.75 Å². The van der Waals surface area contributed by atoms with Gasteiger partial charge in [0, 0.05) is 18.8 Å². The molecule has 1 aliphatic rings. The van der Waals surface area contributed by atoms with Crippen LogP contribution in [0.5, 0.6) is 5.75 Å². The average Bonchev–Trinajstić information content (AvgIpc) is 2.97. The van der Waals surface area contributed by atoms with Gasteiger partial charge in [0.2, 0.25) is 0 Å². The fraction of sp³-hybridized carbons (Fsp3) is 0.389. The van der Waals surface area contributed by atoms with E-state index in [0.717, 1.165) is 31.7 Å². The molecule has 0 aliphatic carbocycles. The molecule has 1 unspecified atom stereocenters. The standard InChI is InChI=1S/C18H22N2O/c1-3-8-20-18(16-12-19-9-6-13(16)2)15-4-5-17-14(11-15)7-10-21-17/h4-6,9,11-12,18,20H,3,7-8,10H2,1-2H3. The Hall–Kier alpha value is -1.87. The molecule has 0 saturated heterocycles. The molecule has 3 rings (SSSR count). The van der Waals surface area contributed by atoms with E-state index < -0.39 is 0 Å². The Kier molecular flexibility index (Phi) is 4.20. The maximum atomic E-state index is 5.61. The number of pyridine rings is 1. The normalized spacial score (nSPS) is 14.6. The summed E-state index contributed by atoms with van der Waals surface area (Å²) in [6.45, 7) is 6.13. The molecular formula is C18H22N2O. The molecule has 0 saturated carbocycles. The van der Waals surface area contributed by atoms with Crippen molar-refractivity contribution in [3.05, 3.63) is 58.9 Å². The fourth-order valence-corrected chi connectivity index (χ4v) is 2.86. The van der Waals surface area contributed by atoms with E-state index in [0.29, 0.717) is 0 Å². The van der Waals surface area contributed by atoms with Crippen molar-refractivity contribution in [2.24, 2.45) is 0 Å². The summed E-state index contributed by atoms with van der Waals surface area (Å²) in [6, 6.07) is 8.83. The molecule has 1 N–H and O–H groups in total. The zero-order valence-corrected chi connectivity index (χ0v) is 12.7. The van der Waals surface area contributed by atoms with E-state index in [-0.39, 0.29) is 6.04 Å². The lowest BCUT2D eigenvalue weighted by molar-refractivity contribution is 0.357. The number of nitrogens with one attached hydrogen (secondary N) is 1. The first kappa shape index (κ1) is 14.1. The van der Waals surface area contributed by atoms with Crippen molar-refractivity contribution < 1.29 is 4.74 Å². The third-order valence-corrected chi connectivity index (χ3v) is 4.04. The molecule has 2 heterocycles. The second-order valence-electron chi connectivity index (χ2n) is 5.59. The summed E-state index contributed by atoms with van der Waals surface area (Å²) in [5.74, 6) is 1.04. The first-order chi connectivity index (χ1) is 10.3. The molecule has 0 bridgehead atoms. The first-order valence-corrected chi connectivity index (χ1v) is 7.69. The van der Waals surface area contributed by atoms with E-state index >= 15 is 0 Å². The van der Waals surface area contributed by atoms with Crippen LogP contribution in [0.4, 0.5) is 0 Å². The van der Waals surface area contributed by atoms with Gasteiger partial charge in [0.1, 0.15) is 5.75 Å². The number of hydrogen-bond acceptors (Lipinski definition) is 3. The lowest BCUT2D eigenvalue weighted by Gasteiger charge is -2.21. The SMILES string of the molecule is CCCNC(c1ccc2c(c1)CCO2)c1cnccc1C. The number of aryl methyl sites for hydroxylation is 1. The zero-order chi connectivity index (χ0) is 14.7. The van der Waals surface area contributed by atoms with Crippen LogP contribution < -0.4 is 10.1 Å². The lowest BCUT2D eigenvalue weighted by atomic mass is 9.95. The molecule has 0 fully saturated rings. The second kappa shape index (κ2) is 6.27. The van der Waals surface area contributed by atoms with Gasteiger partial charge >= 0.3 is 0 Å². The number of fused-ring (bicyclic) bond motifs is 1. The lowest BCUT2D eigenvalue weighted by Crippen LogP contribution is -2.24. The zero-order valence-electron chi connectivity index (χ0n) is 12.7. The van der Waals surface area contributed by atoms with Crippen molar-refractivity contribution in [2.75, 3.05) is 13.2 Å². The highest BCUT2D eigenvalue weighted by Gasteiger charge is 2.19. The molecule has 0 radical (unpaired) electrons. The van der Waals surface area contributed by atoms with Crippen LogP contribution in [-0.4, -0.2) is 18.1 Å². The van der Waals surface area contributed by atoms with Gasteiger partial charge in [-0.25, -0.2) is 0 Å². The molecule has 0 spiro atoms. The summed E-state index contributed by atoms with van der Waals surface area (Å²) < 4.78 is 5.61. The van der Waals surface area contributed by atoms with Crippen LogP contribution in [-0.2, 0) is 6.42 Å². The van der Waals surface area contributed by atoms with Gasteiger partial charge in [0.25, 0.3) is 0 Å². The molecule has 21 heavy (non-hydrogen) atoms. The van der Waals surface area contributed by atoms with Gasteiger partial charge in [-0.3, -0.25) is 4.98 Å². The Morgan fingerprint density at radius 1 is 1.33 bits per heavy atom. The summed E-state index contributed by atoms with van der Waals surface area (Å²) in [5, 5.41) is 3.65. The van der Waals surface area contributed by atoms with Gasteiger partial charge in [0.15, 0.2) is 0 Å². The molecule has 1 aromatic heterocycles. The minimum Gasteiger partial charge on any atom is -0.493 e. The quantitative estimate of drug-likeness (QED) is 0.912. The average molecular weight is 282 g/mol. The van der Waals surface area contributed by atoms with E-state index in [1.165, 1.54) is 22.3 Å². The summed E-state index contributed by atoms with van der Waals surface area (Å²) in [6.07, 6.45) is 5.96. The van der Waals surface area contributed by atoms with Crippen LogP contribution in [0, 0.1) is 6.92 Å². The second-order valence-corrected chi connectivity index (χ2v) is 5.59. The molecule has 1 aliphatic heterocycles. The minimum atomic E-state index is 0.199. The van der Waals surface area contributed by atoms with E-state index in [2.05, 4.69) is 48.4 Å². The molecule has 1 aromatic carbocycles. The monoisotopic (exact) mass is 282 g/mol. The van der Waals surface area contributed by atoms with E-state index in [1.807, 2.05) is 12.4 Å². The Bertz CT molecular complexity index is 624. The Balaban J connectivity index is 1.97. The fourth-order valence-electron chi connectivity index (χ4n) is 2.86. The van der Waals surface area contributed by atoms with Crippen LogP contribution in [0.2, 0.25) is 0 Å². The van der Waals surface area contributed by atoms with E-state index in [4.69, 9.17) is 4.74 Å². The molecule has 110 valence electrons. The topological polar surface area (TPSA) is 34.1 Å². The number of ether oxygens (including phenoxy) is 1. The minimum absolute atomic E-state index is 0.199. The smallest absolute Gasteiger partial charge is 0.122 e. The van der Waals surface area contributed by atoms with E-state index in [1.54, 1.807) is 0 Å². The highest BCUT2D eigenvalue weighted by Crippen LogP contribution is 2.31. The Morgan fingerprint density at radius 3 is 3.05 bits per heavy atom. The molecule has 1 atom stereocenters. The van der Waals surface area contributed by atoms with Crippen LogP contribution in [0.1, 0.15) is 41.6 Å². The van der Waals surface area contributed by atoms with E-state index in [9.17, 15) is 0 Å². The van der Waals surface area contributed by atoms with Crippen molar-refractivity contribution in [2.45, 2.75) is 32.7 Å². The Labute approximate surface area is 126 Å². The predicted molar refractivity (Wildman–Crippen MR) is 84.8 cm³/mol. The summed E-state index contributed by atoms with van der Waals surface area (Å²) in [5.41, 5.74) is 5.14. The number of benzene rings is 1. The van der Waals surface area contributed by atoms with Crippen molar-refractivity contribution >= 4 is 0 Å². The highest BCUT2D eigenvalue weighted by atomic mass is 16.5. The van der Waals surface area contributed by atoms with Crippen LogP contribution in [0.3, 0.4) is 0 Å². The molecular weight excluding hydrogens is 260 g/mol. The predicted octanol–water partition coefficient (Wildman–Crippen LogP) is 3.41. The van der Waals surface area contributed by atoms with Crippen molar-refractivity contribution in [1.29, 1.82) is 0 Å². The van der Waals surface area contributed by atoms with Gasteiger partial charge in [-0.2, -0.15) is 0 Å². The van der Waals surface area contributed by atoms with Gasteiger partial charge < -0.3 is 10.1 Å². The summed E-state index contributed by atoms with van der Waals surface area (Å²) >= 11 is 0. The number of nitrogens with zero attached hydrogens (tertiary/aromatic N) is 1. The van der Waals surface area contributed by atoms with Crippen molar-refractivity contribution in [3.63, 3.8) is 0 Å². The molecule has 3 nitrogen and oxygen atoms in total. The molecule has 2 aromatic rings. The molecule has 0 amide bonds. The summed E-state index contributed by atoms with van der Waals surface area (Å²) in [4.78, 5) is 4.31. The first-order valence-electron chi connectivity index (χ1n) is 7.69. The largest absolute Gasteiger partial charge is 0.493 e. The number of aromatic nitrogens is 1. The van der Waals surface area contributed by atoms with Crippen LogP contribution >= 0.6 is 0 Å².